The van der Waals surface area contributed by atoms with E-state index in [0.717, 1.165) is 33.7 Å². The van der Waals surface area contributed by atoms with Crippen molar-refractivity contribution in [2.75, 3.05) is 9.80 Å². The smallest absolute Gasteiger partial charge is 0.0752 e. The normalized spacial score (nSPS) is 16.0. The molecule has 0 bridgehead atoms. The summed E-state index contributed by atoms with van der Waals surface area (Å²) in [6.07, 6.45) is 2.06. The molecule has 2 aliphatic rings. The van der Waals surface area contributed by atoms with Crippen molar-refractivity contribution in [3.8, 4) is 11.5 Å². The van der Waals surface area contributed by atoms with Gasteiger partial charge in [0.25, 0.3) is 0 Å². The molecular weight excluding hydrogens is 844 g/mol. The molecule has 0 N–H and O–H groups in total. The number of benzene rings is 5. The third kappa shape index (κ3) is 5.41. The van der Waals surface area contributed by atoms with Gasteiger partial charge in [0.1, 0.15) is 0 Å². The molecule has 278 valence electrons. The SMILES string of the molecule is CC(C)(C)c1cc(N2[CH-]N(c3[c-]c(Oc4[c-]c5c(cc4)c4cccc6c4c4c(cnn54)C(C)(C)C6(C)C)ccc3)c3ccccc32)cc(C(C)(C)C)c1.[Pt]. The van der Waals surface area contributed by atoms with Gasteiger partial charge in [0.15, 0.2) is 0 Å². The second-order valence-electron chi connectivity index (χ2n) is 18.0. The average molecular weight is 891 g/mol. The molecule has 0 unspecified atom stereocenters. The van der Waals surface area contributed by atoms with Crippen LogP contribution in [0.4, 0.5) is 22.7 Å². The quantitative estimate of drug-likeness (QED) is 0.130. The summed E-state index contributed by atoms with van der Waals surface area (Å²) in [5, 5.41) is 8.60. The Morgan fingerprint density at radius 2 is 1.28 bits per heavy atom. The Labute approximate surface area is 334 Å². The van der Waals surface area contributed by atoms with E-state index < -0.39 is 0 Å². The Balaban J connectivity index is 0.00000413. The molecule has 5 aromatic carbocycles. The van der Waals surface area contributed by atoms with Crippen LogP contribution in [0.25, 0.3) is 27.2 Å². The fourth-order valence-electron chi connectivity index (χ4n) is 8.23. The van der Waals surface area contributed by atoms with Gasteiger partial charge in [-0.15, -0.1) is 48.1 Å². The number of nitrogens with zero attached hydrogens (tertiary/aromatic N) is 4. The minimum Gasteiger partial charge on any atom is -0.509 e. The Morgan fingerprint density at radius 3 is 1.96 bits per heavy atom. The van der Waals surface area contributed by atoms with Crippen LogP contribution in [0.1, 0.15) is 91.5 Å². The van der Waals surface area contributed by atoms with Gasteiger partial charge < -0.3 is 14.5 Å². The predicted molar refractivity (Wildman–Crippen MR) is 219 cm³/mol. The summed E-state index contributed by atoms with van der Waals surface area (Å²) in [6.45, 7) is 25.3. The first-order valence-corrected chi connectivity index (χ1v) is 18.7. The summed E-state index contributed by atoms with van der Waals surface area (Å²) < 4.78 is 8.64. The number of aromatic nitrogens is 2. The molecule has 0 fully saturated rings. The molecule has 0 atom stereocenters. The van der Waals surface area contributed by atoms with Gasteiger partial charge in [0, 0.05) is 60.6 Å². The first-order valence-electron chi connectivity index (χ1n) is 18.7. The zero-order valence-electron chi connectivity index (χ0n) is 32.8. The molecule has 54 heavy (non-hydrogen) atoms. The van der Waals surface area contributed by atoms with Crippen LogP contribution in [0.2, 0.25) is 0 Å². The van der Waals surface area contributed by atoms with Crippen LogP contribution < -0.4 is 14.5 Å². The van der Waals surface area contributed by atoms with Crippen molar-refractivity contribution in [3.05, 3.63) is 138 Å². The maximum absolute atomic E-state index is 6.57. The molecule has 3 heterocycles. The second-order valence-corrected chi connectivity index (χ2v) is 18.0. The van der Waals surface area contributed by atoms with Crippen LogP contribution in [0.3, 0.4) is 0 Å². The molecule has 0 radical (unpaired) electrons. The molecule has 0 saturated heterocycles. The van der Waals surface area contributed by atoms with Crippen LogP contribution in [0.5, 0.6) is 11.5 Å². The van der Waals surface area contributed by atoms with Gasteiger partial charge >= 0.3 is 0 Å². The Morgan fingerprint density at radius 1 is 0.648 bits per heavy atom. The van der Waals surface area contributed by atoms with E-state index in [4.69, 9.17) is 9.84 Å². The maximum atomic E-state index is 6.57. The number of hydrogen-bond donors (Lipinski definition) is 0. The van der Waals surface area contributed by atoms with E-state index in [0.29, 0.717) is 11.5 Å². The van der Waals surface area contributed by atoms with E-state index in [2.05, 4.69) is 181 Å². The van der Waals surface area contributed by atoms with E-state index in [-0.39, 0.29) is 42.7 Å². The summed E-state index contributed by atoms with van der Waals surface area (Å²) in [7, 11) is 0. The molecule has 2 aromatic heterocycles. The number of fused-ring (bicyclic) bond motifs is 4. The summed E-state index contributed by atoms with van der Waals surface area (Å²) in [6, 6.07) is 39.7. The number of rotatable bonds is 4. The monoisotopic (exact) mass is 890 g/mol. The van der Waals surface area contributed by atoms with Crippen LogP contribution in [0.15, 0.2) is 97.2 Å². The van der Waals surface area contributed by atoms with Crippen molar-refractivity contribution in [2.24, 2.45) is 0 Å². The van der Waals surface area contributed by atoms with Crippen molar-refractivity contribution in [1.82, 2.24) is 9.61 Å². The fourth-order valence-corrected chi connectivity index (χ4v) is 8.23. The standard InChI is InChI=1S/C48H47N4O.Pt/c1-45(2,3)30-23-31(46(4,5)6)25-33(24-30)51-29-50(40-19-11-12-20-41(40)51)32-15-13-16-34(26-32)53-35-21-22-36-37-17-14-18-38-43(37)44-39(48(9,10)47(38,7)8)28-49-52(44)42(36)27-35;/h11-25,28-29H,1-10H3;/q-3;. The molecule has 9 rings (SSSR count). The van der Waals surface area contributed by atoms with Gasteiger partial charge in [-0.05, 0) is 68.1 Å². The maximum Gasteiger partial charge on any atom is 0.0752 e. The van der Waals surface area contributed by atoms with Crippen LogP contribution in [-0.4, -0.2) is 9.61 Å². The van der Waals surface area contributed by atoms with E-state index in [1.165, 1.54) is 38.5 Å². The largest absolute Gasteiger partial charge is 0.509 e. The summed E-state index contributed by atoms with van der Waals surface area (Å²) >= 11 is 0. The zero-order chi connectivity index (χ0) is 37.2. The Kier molecular flexibility index (Phi) is 8.22. The van der Waals surface area contributed by atoms with Gasteiger partial charge in [-0.1, -0.05) is 111 Å². The topological polar surface area (TPSA) is 33.0 Å². The van der Waals surface area contributed by atoms with E-state index in [1.807, 2.05) is 18.2 Å². The van der Waals surface area contributed by atoms with E-state index >= 15 is 0 Å². The average Bonchev–Trinajstić information content (AvgIpc) is 3.74. The number of hydrogen-bond acceptors (Lipinski definition) is 4. The van der Waals surface area contributed by atoms with Crippen LogP contribution >= 0.6 is 0 Å². The van der Waals surface area contributed by atoms with Crippen molar-refractivity contribution < 1.29 is 25.8 Å². The molecule has 6 heteroatoms. The van der Waals surface area contributed by atoms with E-state index in [9.17, 15) is 0 Å². The third-order valence-corrected chi connectivity index (χ3v) is 12.2. The van der Waals surface area contributed by atoms with Gasteiger partial charge in [0.2, 0.25) is 0 Å². The van der Waals surface area contributed by atoms with E-state index in [1.54, 1.807) is 0 Å². The minimum atomic E-state index is -0.0989. The van der Waals surface area contributed by atoms with Gasteiger partial charge in [0.05, 0.1) is 11.7 Å². The second kappa shape index (κ2) is 12.2. The van der Waals surface area contributed by atoms with Gasteiger partial charge in [-0.3, -0.25) is 4.52 Å². The predicted octanol–water partition coefficient (Wildman–Crippen LogP) is 12.6. The van der Waals surface area contributed by atoms with Crippen molar-refractivity contribution >= 4 is 49.9 Å². The minimum absolute atomic E-state index is 0. The molecule has 5 nitrogen and oxygen atoms in total. The van der Waals surface area contributed by atoms with Crippen molar-refractivity contribution in [3.63, 3.8) is 0 Å². The molecule has 0 amide bonds. The number of ether oxygens (including phenoxy) is 1. The van der Waals surface area contributed by atoms with Gasteiger partial charge in [-0.25, -0.2) is 0 Å². The molecule has 1 aliphatic heterocycles. The molecule has 1 aliphatic carbocycles. The Bertz CT molecular complexity index is 2590. The molecule has 0 saturated carbocycles. The number of anilines is 4. The molecular formula is C48H47N4OPt-3. The zero-order valence-corrected chi connectivity index (χ0v) is 35.1. The number of pyridine rings is 1. The van der Waals surface area contributed by atoms with Crippen LogP contribution in [0, 0.1) is 18.8 Å². The summed E-state index contributed by atoms with van der Waals surface area (Å²) in [5.41, 5.74) is 11.5. The summed E-state index contributed by atoms with van der Waals surface area (Å²) in [4.78, 5) is 4.50. The molecule has 0 spiro atoms. The molecule has 7 aromatic rings. The van der Waals surface area contributed by atoms with Gasteiger partial charge in [-0.2, -0.15) is 17.2 Å². The fraction of sp³-hybridized carbons (Fsp3) is 0.292. The first kappa shape index (κ1) is 36.4. The van der Waals surface area contributed by atoms with Crippen LogP contribution in [-0.2, 0) is 42.7 Å². The first-order chi connectivity index (χ1) is 25.0. The van der Waals surface area contributed by atoms with Crippen molar-refractivity contribution in [2.45, 2.75) is 90.9 Å². The summed E-state index contributed by atoms with van der Waals surface area (Å²) in [5.74, 6) is 1.24. The number of para-hydroxylation sites is 2. The Hall–Kier alpha value is -4.60. The third-order valence-electron chi connectivity index (χ3n) is 12.2. The van der Waals surface area contributed by atoms with Crippen molar-refractivity contribution in [1.29, 1.82) is 0 Å².